The van der Waals surface area contributed by atoms with E-state index in [1.807, 2.05) is 38.1 Å². The standard InChI is InChI=1S/C21H24N4O4S/c1-14(2)29-13-20(26)25(18-5-4-10-23-21(18)30(3,27)28)12-15-6-7-16-8-9-19(22)24-17(16)11-15/h4-11,14H,12-13H2,1-3H3,(H2,22,24). The van der Waals surface area contributed by atoms with Gasteiger partial charge in [0.1, 0.15) is 12.4 Å². The highest BCUT2D eigenvalue weighted by Crippen LogP contribution is 2.26. The minimum absolute atomic E-state index is 0.126. The Morgan fingerprint density at radius 3 is 2.63 bits per heavy atom. The lowest BCUT2D eigenvalue weighted by atomic mass is 10.1. The van der Waals surface area contributed by atoms with Gasteiger partial charge in [-0.15, -0.1) is 0 Å². The number of carbonyl (C=O) groups excluding carboxylic acids is 1. The number of benzene rings is 1. The number of hydrogen-bond donors (Lipinski definition) is 1. The number of hydrogen-bond acceptors (Lipinski definition) is 7. The molecule has 0 saturated carbocycles. The normalized spacial score (nSPS) is 11.7. The molecular weight excluding hydrogens is 404 g/mol. The molecule has 3 aromatic rings. The van der Waals surface area contributed by atoms with Gasteiger partial charge in [-0.25, -0.2) is 18.4 Å². The van der Waals surface area contributed by atoms with Crippen molar-refractivity contribution in [3.63, 3.8) is 0 Å². The molecule has 2 heterocycles. The van der Waals surface area contributed by atoms with E-state index in [-0.39, 0.29) is 35.9 Å². The number of ether oxygens (including phenoxy) is 1. The van der Waals surface area contributed by atoms with E-state index in [2.05, 4.69) is 9.97 Å². The first-order valence-electron chi connectivity index (χ1n) is 9.37. The van der Waals surface area contributed by atoms with Crippen molar-refractivity contribution in [1.29, 1.82) is 0 Å². The predicted octanol–water partition coefficient (Wildman–Crippen LogP) is 2.57. The first kappa shape index (κ1) is 21.7. The van der Waals surface area contributed by atoms with E-state index >= 15 is 0 Å². The number of nitrogen functional groups attached to an aromatic ring is 1. The Morgan fingerprint density at radius 1 is 1.20 bits per heavy atom. The molecule has 0 bridgehead atoms. The lowest BCUT2D eigenvalue weighted by molar-refractivity contribution is -0.124. The SMILES string of the molecule is CC(C)OCC(=O)N(Cc1ccc2ccc(N)nc2c1)c1cccnc1S(C)(=O)=O. The lowest BCUT2D eigenvalue weighted by Crippen LogP contribution is -2.35. The number of anilines is 2. The van der Waals surface area contributed by atoms with Gasteiger partial charge in [0.2, 0.25) is 0 Å². The largest absolute Gasteiger partial charge is 0.384 e. The van der Waals surface area contributed by atoms with E-state index in [4.69, 9.17) is 10.5 Å². The van der Waals surface area contributed by atoms with Crippen LogP contribution in [0.2, 0.25) is 0 Å². The van der Waals surface area contributed by atoms with Crippen LogP contribution in [0.25, 0.3) is 10.9 Å². The predicted molar refractivity (Wildman–Crippen MR) is 116 cm³/mol. The van der Waals surface area contributed by atoms with E-state index in [0.717, 1.165) is 17.2 Å². The van der Waals surface area contributed by atoms with Gasteiger partial charge in [0, 0.05) is 17.8 Å². The molecule has 0 aliphatic rings. The second-order valence-corrected chi connectivity index (χ2v) is 9.13. The Morgan fingerprint density at radius 2 is 1.93 bits per heavy atom. The van der Waals surface area contributed by atoms with Crippen molar-refractivity contribution in [3.8, 4) is 0 Å². The number of rotatable bonds is 7. The smallest absolute Gasteiger partial charge is 0.253 e. The molecule has 1 amide bonds. The van der Waals surface area contributed by atoms with E-state index in [1.54, 1.807) is 18.2 Å². The minimum atomic E-state index is -3.65. The number of carbonyl (C=O) groups is 1. The Labute approximate surface area is 175 Å². The van der Waals surface area contributed by atoms with Gasteiger partial charge in [-0.05, 0) is 49.7 Å². The van der Waals surface area contributed by atoms with Crippen molar-refractivity contribution in [3.05, 3.63) is 54.2 Å². The molecule has 0 unspecified atom stereocenters. The van der Waals surface area contributed by atoms with Crippen molar-refractivity contribution in [2.24, 2.45) is 0 Å². The molecule has 0 atom stereocenters. The fourth-order valence-corrected chi connectivity index (χ4v) is 3.77. The van der Waals surface area contributed by atoms with Crippen LogP contribution in [0.15, 0.2) is 53.7 Å². The van der Waals surface area contributed by atoms with Crippen molar-refractivity contribution in [2.45, 2.75) is 31.5 Å². The molecule has 2 N–H and O–H groups in total. The summed E-state index contributed by atoms with van der Waals surface area (Å²) in [5, 5.41) is 0.748. The van der Waals surface area contributed by atoms with Crippen LogP contribution in [0.4, 0.5) is 11.5 Å². The zero-order valence-electron chi connectivity index (χ0n) is 17.1. The number of fused-ring (bicyclic) bond motifs is 1. The molecule has 158 valence electrons. The summed E-state index contributed by atoms with van der Waals surface area (Å²) < 4.78 is 30.0. The van der Waals surface area contributed by atoms with Gasteiger partial charge in [0.25, 0.3) is 5.91 Å². The number of aromatic nitrogens is 2. The van der Waals surface area contributed by atoms with E-state index in [1.165, 1.54) is 11.1 Å². The highest BCUT2D eigenvalue weighted by molar-refractivity contribution is 7.90. The van der Waals surface area contributed by atoms with Gasteiger partial charge in [0.05, 0.1) is 23.9 Å². The summed E-state index contributed by atoms with van der Waals surface area (Å²) in [5.41, 5.74) is 7.44. The van der Waals surface area contributed by atoms with Crippen LogP contribution in [0, 0.1) is 0 Å². The maximum atomic E-state index is 13.0. The highest BCUT2D eigenvalue weighted by atomic mass is 32.2. The molecule has 0 fully saturated rings. The van der Waals surface area contributed by atoms with Crippen molar-refractivity contribution in [2.75, 3.05) is 23.5 Å². The molecule has 0 aliphatic carbocycles. The van der Waals surface area contributed by atoms with Gasteiger partial charge in [-0.2, -0.15) is 0 Å². The molecule has 0 radical (unpaired) electrons. The summed E-state index contributed by atoms with van der Waals surface area (Å²) in [5.74, 6) is 0.0202. The number of nitrogens with zero attached hydrogens (tertiary/aromatic N) is 3. The zero-order chi connectivity index (χ0) is 21.9. The average Bonchev–Trinajstić information content (AvgIpc) is 2.69. The van der Waals surface area contributed by atoms with Crippen LogP contribution in [0.5, 0.6) is 0 Å². The lowest BCUT2D eigenvalue weighted by Gasteiger charge is -2.25. The maximum Gasteiger partial charge on any atom is 0.253 e. The summed E-state index contributed by atoms with van der Waals surface area (Å²) in [7, 11) is -3.65. The summed E-state index contributed by atoms with van der Waals surface area (Å²) in [6.07, 6.45) is 2.30. The molecule has 9 heteroatoms. The van der Waals surface area contributed by atoms with Crippen LogP contribution < -0.4 is 10.6 Å². The summed E-state index contributed by atoms with van der Waals surface area (Å²) >= 11 is 0. The molecule has 30 heavy (non-hydrogen) atoms. The number of nitrogens with two attached hydrogens (primary N) is 1. The zero-order valence-corrected chi connectivity index (χ0v) is 17.9. The Balaban J connectivity index is 2.04. The van der Waals surface area contributed by atoms with Crippen LogP contribution in [-0.4, -0.2) is 43.3 Å². The number of amides is 1. The van der Waals surface area contributed by atoms with Gasteiger partial charge >= 0.3 is 0 Å². The number of sulfone groups is 1. The second kappa shape index (κ2) is 8.76. The molecule has 1 aromatic carbocycles. The van der Waals surface area contributed by atoms with Crippen LogP contribution in [0.1, 0.15) is 19.4 Å². The van der Waals surface area contributed by atoms with Crippen molar-refractivity contribution in [1.82, 2.24) is 9.97 Å². The molecular formula is C21H24N4O4S. The van der Waals surface area contributed by atoms with Gasteiger partial charge < -0.3 is 15.4 Å². The first-order chi connectivity index (χ1) is 14.1. The van der Waals surface area contributed by atoms with Gasteiger partial charge in [-0.1, -0.05) is 12.1 Å². The Hall–Kier alpha value is -3.04. The van der Waals surface area contributed by atoms with Crippen LogP contribution >= 0.6 is 0 Å². The van der Waals surface area contributed by atoms with E-state index in [9.17, 15) is 13.2 Å². The Kier molecular flexibility index (Phi) is 6.33. The Bertz CT molecular complexity index is 1180. The summed E-state index contributed by atoms with van der Waals surface area (Å²) in [6, 6.07) is 12.3. The quantitative estimate of drug-likeness (QED) is 0.615. The molecule has 0 aliphatic heterocycles. The topological polar surface area (TPSA) is 115 Å². The average molecular weight is 429 g/mol. The molecule has 0 spiro atoms. The van der Waals surface area contributed by atoms with Crippen molar-refractivity contribution >= 4 is 38.2 Å². The minimum Gasteiger partial charge on any atom is -0.384 e. The van der Waals surface area contributed by atoms with E-state index in [0.29, 0.717) is 11.3 Å². The highest BCUT2D eigenvalue weighted by Gasteiger charge is 2.24. The number of pyridine rings is 2. The third kappa shape index (κ3) is 5.11. The third-order valence-electron chi connectivity index (χ3n) is 4.35. The fraction of sp³-hybridized carbons (Fsp3) is 0.286. The molecule has 2 aromatic heterocycles. The van der Waals surface area contributed by atoms with Crippen molar-refractivity contribution < 1.29 is 17.9 Å². The maximum absolute atomic E-state index is 13.0. The summed E-state index contributed by atoms with van der Waals surface area (Å²) in [6.45, 7) is 3.58. The van der Waals surface area contributed by atoms with E-state index < -0.39 is 9.84 Å². The fourth-order valence-electron chi connectivity index (χ4n) is 2.96. The van der Waals surface area contributed by atoms with Gasteiger partial charge in [-0.3, -0.25) is 4.79 Å². The molecule has 0 saturated heterocycles. The second-order valence-electron chi connectivity index (χ2n) is 7.20. The monoisotopic (exact) mass is 428 g/mol. The molecule has 8 nitrogen and oxygen atoms in total. The third-order valence-corrected chi connectivity index (χ3v) is 5.37. The van der Waals surface area contributed by atoms with Gasteiger partial charge in [0.15, 0.2) is 14.9 Å². The summed E-state index contributed by atoms with van der Waals surface area (Å²) in [4.78, 5) is 22.7. The van der Waals surface area contributed by atoms with Crippen LogP contribution in [-0.2, 0) is 25.9 Å². The first-order valence-corrected chi connectivity index (χ1v) is 11.3. The van der Waals surface area contributed by atoms with Crippen LogP contribution in [0.3, 0.4) is 0 Å². The molecule has 3 rings (SSSR count).